The highest BCUT2D eigenvalue weighted by atomic mass is 19.3. The largest absolute Gasteiger partial charge is 0.448 e. The molecule has 1 amide bonds. The van der Waals surface area contributed by atoms with Crippen LogP contribution < -0.4 is 4.74 Å². The summed E-state index contributed by atoms with van der Waals surface area (Å²) >= 11 is 0. The predicted molar refractivity (Wildman–Crippen MR) is 140 cm³/mol. The molecule has 202 valence electrons. The molecule has 0 N–H and O–H groups in total. The van der Waals surface area contributed by atoms with Gasteiger partial charge in [0.15, 0.2) is 0 Å². The van der Waals surface area contributed by atoms with Crippen LogP contribution in [0.15, 0.2) is 72.8 Å². The van der Waals surface area contributed by atoms with Crippen LogP contribution in [0.4, 0.5) is 13.6 Å². The molecule has 2 bridgehead atoms. The number of ether oxygens (including phenoxy) is 3. The monoisotopic (exact) mass is 533 g/mol. The second-order valence-corrected chi connectivity index (χ2v) is 10.4. The van der Waals surface area contributed by atoms with Crippen LogP contribution in [-0.4, -0.2) is 55.3 Å². The molecule has 3 aromatic rings. The van der Waals surface area contributed by atoms with Crippen molar-refractivity contribution in [1.82, 2.24) is 4.90 Å². The van der Waals surface area contributed by atoms with Crippen molar-refractivity contribution >= 4 is 11.9 Å². The van der Waals surface area contributed by atoms with Gasteiger partial charge in [-0.05, 0) is 52.8 Å². The van der Waals surface area contributed by atoms with E-state index < -0.39 is 6.61 Å². The summed E-state index contributed by atoms with van der Waals surface area (Å²) in [5, 5.41) is 0. The first-order valence-electron chi connectivity index (χ1n) is 13.3. The smallest absolute Gasteiger partial charge is 0.410 e. The molecule has 2 unspecified atom stereocenters. The number of nitrogens with zero attached hydrogens (tertiary/aromatic N) is 1. The number of carbonyl (C=O) groups is 2. The maximum absolute atomic E-state index is 13.4. The molecule has 1 aliphatic carbocycles. The van der Waals surface area contributed by atoms with Crippen molar-refractivity contribution in [2.75, 3.05) is 19.8 Å². The van der Waals surface area contributed by atoms with E-state index in [1.807, 2.05) is 24.3 Å². The molecule has 0 aromatic heterocycles. The summed E-state index contributed by atoms with van der Waals surface area (Å²) < 4.78 is 41.3. The van der Waals surface area contributed by atoms with Crippen molar-refractivity contribution in [3.63, 3.8) is 0 Å². The van der Waals surface area contributed by atoms with E-state index in [1.165, 1.54) is 23.3 Å². The molecule has 6 rings (SSSR count). The van der Waals surface area contributed by atoms with Gasteiger partial charge in [-0.3, -0.25) is 9.69 Å². The van der Waals surface area contributed by atoms with Crippen molar-refractivity contribution in [3.05, 3.63) is 89.5 Å². The molecule has 3 aliphatic rings. The molecule has 2 atom stereocenters. The van der Waals surface area contributed by atoms with Crippen molar-refractivity contribution in [3.8, 4) is 16.9 Å². The summed E-state index contributed by atoms with van der Waals surface area (Å²) in [5.74, 6) is -0.221. The Hall–Kier alpha value is -3.78. The molecule has 2 fully saturated rings. The number of piperidine rings is 1. The minimum absolute atomic E-state index is 0.0216. The number of morpholine rings is 1. The fraction of sp³-hybridized carbons (Fsp3) is 0.355. The third kappa shape index (κ3) is 5.13. The lowest BCUT2D eigenvalue weighted by molar-refractivity contribution is -0.130. The molecule has 3 aromatic carbocycles. The molecule has 2 aliphatic heterocycles. The van der Waals surface area contributed by atoms with E-state index in [0.29, 0.717) is 31.6 Å². The summed E-state index contributed by atoms with van der Waals surface area (Å²) in [7, 11) is 0. The normalized spacial score (nSPS) is 21.8. The van der Waals surface area contributed by atoms with Crippen LogP contribution in [-0.2, 0) is 20.7 Å². The van der Waals surface area contributed by atoms with Crippen LogP contribution in [0.25, 0.3) is 11.1 Å². The van der Waals surface area contributed by atoms with E-state index in [-0.39, 0.29) is 54.6 Å². The number of halogens is 2. The molecular weight excluding hydrogens is 504 g/mol. The Morgan fingerprint density at radius 2 is 1.54 bits per heavy atom. The Labute approximate surface area is 225 Å². The van der Waals surface area contributed by atoms with E-state index in [9.17, 15) is 18.4 Å². The van der Waals surface area contributed by atoms with Gasteiger partial charge < -0.3 is 14.2 Å². The lowest BCUT2D eigenvalue weighted by Crippen LogP contribution is -2.60. The Bertz CT molecular complexity index is 1320. The predicted octanol–water partition coefficient (Wildman–Crippen LogP) is 5.83. The molecule has 8 heteroatoms. The lowest BCUT2D eigenvalue weighted by Gasteiger charge is -2.47. The molecule has 2 saturated heterocycles. The molecule has 0 spiro atoms. The van der Waals surface area contributed by atoms with E-state index in [1.54, 1.807) is 17.0 Å². The minimum atomic E-state index is -2.92. The highest BCUT2D eigenvalue weighted by Crippen LogP contribution is 2.44. The van der Waals surface area contributed by atoms with E-state index in [0.717, 1.165) is 11.1 Å². The first kappa shape index (κ1) is 25.5. The highest BCUT2D eigenvalue weighted by Gasteiger charge is 2.44. The van der Waals surface area contributed by atoms with Gasteiger partial charge in [0.05, 0.1) is 25.3 Å². The summed E-state index contributed by atoms with van der Waals surface area (Å²) in [6.07, 6.45) is 0.702. The molecular formula is C31H29F2NO5. The Morgan fingerprint density at radius 3 is 2.18 bits per heavy atom. The number of carbonyl (C=O) groups excluding carboxylic acids is 2. The average molecular weight is 534 g/mol. The number of rotatable bonds is 7. The third-order valence-corrected chi connectivity index (χ3v) is 8.02. The van der Waals surface area contributed by atoms with Gasteiger partial charge in [-0.15, -0.1) is 0 Å². The maximum atomic E-state index is 13.4. The van der Waals surface area contributed by atoms with Gasteiger partial charge >= 0.3 is 12.7 Å². The van der Waals surface area contributed by atoms with Gasteiger partial charge in [-0.25, -0.2) is 4.79 Å². The topological polar surface area (TPSA) is 65.1 Å². The maximum Gasteiger partial charge on any atom is 0.410 e. The first-order valence-corrected chi connectivity index (χ1v) is 13.3. The van der Waals surface area contributed by atoms with Crippen molar-refractivity contribution in [2.45, 2.75) is 43.9 Å². The van der Waals surface area contributed by atoms with Crippen molar-refractivity contribution in [2.24, 2.45) is 5.92 Å². The molecule has 6 nitrogen and oxygen atoms in total. The number of hydrogen-bond donors (Lipinski definition) is 0. The van der Waals surface area contributed by atoms with Crippen LogP contribution in [0.2, 0.25) is 0 Å². The SMILES string of the molecule is O=C(Cc1cccc(OC(F)F)c1)C1CC2COCC(C1)N2C(=O)OCC1c2ccccc2-c2ccccc21. The van der Waals surface area contributed by atoms with Crippen LogP contribution in [0.3, 0.4) is 0 Å². The van der Waals surface area contributed by atoms with Gasteiger partial charge in [0.25, 0.3) is 0 Å². The third-order valence-electron chi connectivity index (χ3n) is 8.02. The summed E-state index contributed by atoms with van der Waals surface area (Å²) in [5.41, 5.74) is 5.28. The number of amides is 1. The van der Waals surface area contributed by atoms with E-state index >= 15 is 0 Å². The fourth-order valence-corrected chi connectivity index (χ4v) is 6.32. The summed E-state index contributed by atoms with van der Waals surface area (Å²) in [6, 6.07) is 22.1. The molecule has 2 heterocycles. The Balaban J connectivity index is 1.11. The van der Waals surface area contributed by atoms with E-state index in [4.69, 9.17) is 9.47 Å². The van der Waals surface area contributed by atoms with Gasteiger partial charge in [0, 0.05) is 18.3 Å². The Morgan fingerprint density at radius 1 is 0.897 bits per heavy atom. The number of ketones is 1. The van der Waals surface area contributed by atoms with Crippen molar-refractivity contribution in [1.29, 1.82) is 0 Å². The average Bonchev–Trinajstić information content (AvgIpc) is 3.24. The number of alkyl halides is 2. The van der Waals surface area contributed by atoms with Crippen LogP contribution in [0, 0.1) is 5.92 Å². The second kappa shape index (κ2) is 10.8. The molecule has 0 saturated carbocycles. The molecule has 0 radical (unpaired) electrons. The lowest BCUT2D eigenvalue weighted by atomic mass is 9.81. The molecule has 39 heavy (non-hydrogen) atoms. The van der Waals surface area contributed by atoms with Gasteiger partial charge in [0.1, 0.15) is 18.1 Å². The standard InChI is InChI=1S/C31H29F2NO5/c32-30(33)39-23-7-5-6-19(12-23)13-29(35)20-14-21-16-37-17-22(15-20)34(21)31(36)38-18-28-26-10-3-1-8-24(26)25-9-2-4-11-27(25)28/h1-12,20-22,28,30H,13-18H2. The van der Waals surface area contributed by atoms with Gasteiger partial charge in [0.2, 0.25) is 0 Å². The summed E-state index contributed by atoms with van der Waals surface area (Å²) in [6.45, 7) is -1.98. The zero-order chi connectivity index (χ0) is 26.9. The number of benzene rings is 3. The summed E-state index contributed by atoms with van der Waals surface area (Å²) in [4.78, 5) is 28.3. The first-order chi connectivity index (χ1) is 19.0. The second-order valence-electron chi connectivity index (χ2n) is 10.4. The van der Waals surface area contributed by atoms with Gasteiger partial charge in [-0.1, -0.05) is 60.7 Å². The van der Waals surface area contributed by atoms with Gasteiger partial charge in [-0.2, -0.15) is 8.78 Å². The number of Topliss-reactive ketones (excluding diaryl/α,β-unsaturated/α-hetero) is 1. The van der Waals surface area contributed by atoms with E-state index in [2.05, 4.69) is 29.0 Å². The van der Waals surface area contributed by atoms with Crippen molar-refractivity contribution < 1.29 is 32.6 Å². The van der Waals surface area contributed by atoms with Crippen LogP contribution >= 0.6 is 0 Å². The highest BCUT2D eigenvalue weighted by molar-refractivity contribution is 5.84. The fourth-order valence-electron chi connectivity index (χ4n) is 6.32. The van der Waals surface area contributed by atoms with Crippen LogP contribution in [0.5, 0.6) is 5.75 Å². The number of hydrogen-bond acceptors (Lipinski definition) is 5. The zero-order valence-electron chi connectivity index (χ0n) is 21.3. The quantitative estimate of drug-likeness (QED) is 0.383. The van der Waals surface area contributed by atoms with Crippen LogP contribution in [0.1, 0.15) is 35.4 Å². The number of fused-ring (bicyclic) bond motifs is 5. The minimum Gasteiger partial charge on any atom is -0.448 e. The Kier molecular flexibility index (Phi) is 7.04. The zero-order valence-corrected chi connectivity index (χ0v) is 21.3.